The summed E-state index contributed by atoms with van der Waals surface area (Å²) in [5.74, 6) is -0.258. The number of hydrogen-bond donors (Lipinski definition) is 0. The van der Waals surface area contributed by atoms with E-state index in [1.165, 1.54) is 34.8 Å². The van der Waals surface area contributed by atoms with E-state index in [4.69, 9.17) is 4.98 Å². The molecule has 0 fully saturated rings. The molecule has 0 unspecified atom stereocenters. The van der Waals surface area contributed by atoms with Crippen LogP contribution in [-0.4, -0.2) is 42.7 Å². The van der Waals surface area contributed by atoms with Gasteiger partial charge in [-0.1, -0.05) is 41.7 Å². The van der Waals surface area contributed by atoms with Crippen molar-refractivity contribution in [3.63, 3.8) is 0 Å². The Hall–Kier alpha value is -4.02. The van der Waals surface area contributed by atoms with E-state index in [1.807, 2.05) is 54.9 Å². The van der Waals surface area contributed by atoms with Crippen molar-refractivity contribution in [1.29, 1.82) is 0 Å². The van der Waals surface area contributed by atoms with Gasteiger partial charge >= 0.3 is 0 Å². The van der Waals surface area contributed by atoms with Gasteiger partial charge in [-0.05, 0) is 68.4 Å². The van der Waals surface area contributed by atoms with Crippen LogP contribution in [0.4, 0.5) is 10.8 Å². The Kier molecular flexibility index (Phi) is 7.00. The Morgan fingerprint density at radius 1 is 0.947 bits per heavy atom. The van der Waals surface area contributed by atoms with E-state index in [0.717, 1.165) is 21.6 Å². The normalized spacial score (nSPS) is 11.6. The van der Waals surface area contributed by atoms with Gasteiger partial charge in [0.15, 0.2) is 5.13 Å². The lowest BCUT2D eigenvalue weighted by Crippen LogP contribution is -2.34. The maximum Gasteiger partial charge on any atom is 0.264 e. The molecule has 2 aromatic heterocycles. The number of carbonyl (C=O) groups excluding carboxylic acids is 1. The van der Waals surface area contributed by atoms with Crippen molar-refractivity contribution in [3.05, 3.63) is 102 Å². The molecule has 0 N–H and O–H groups in total. The summed E-state index contributed by atoms with van der Waals surface area (Å²) in [4.78, 5) is 20.2. The van der Waals surface area contributed by atoms with Crippen molar-refractivity contribution in [2.45, 2.75) is 25.3 Å². The Bertz CT molecular complexity index is 1660. The van der Waals surface area contributed by atoms with Gasteiger partial charge in [0.25, 0.3) is 15.9 Å². The van der Waals surface area contributed by atoms with Crippen molar-refractivity contribution in [2.75, 3.05) is 22.8 Å². The smallest absolute Gasteiger partial charge is 0.264 e. The summed E-state index contributed by atoms with van der Waals surface area (Å²) in [6.07, 6.45) is 0. The zero-order valence-corrected chi connectivity index (χ0v) is 22.9. The van der Waals surface area contributed by atoms with Crippen LogP contribution in [0.2, 0.25) is 0 Å². The fourth-order valence-electron chi connectivity index (χ4n) is 4.22. The second kappa shape index (κ2) is 10.4. The molecule has 1 amide bonds. The molecule has 0 aliphatic heterocycles. The Morgan fingerprint density at radius 2 is 1.63 bits per heavy atom. The zero-order valence-electron chi connectivity index (χ0n) is 21.3. The molecule has 38 heavy (non-hydrogen) atoms. The lowest BCUT2D eigenvalue weighted by Gasteiger charge is -2.21. The van der Waals surface area contributed by atoms with E-state index in [9.17, 15) is 13.2 Å². The van der Waals surface area contributed by atoms with Gasteiger partial charge in [0.1, 0.15) is 0 Å². The predicted molar refractivity (Wildman–Crippen MR) is 151 cm³/mol. The summed E-state index contributed by atoms with van der Waals surface area (Å²) < 4.78 is 30.4. The molecule has 0 bridgehead atoms. The molecule has 0 atom stereocenters. The fourth-order valence-corrected chi connectivity index (χ4v) is 6.40. The highest BCUT2D eigenvalue weighted by atomic mass is 32.2. The minimum absolute atomic E-state index is 0.106. The highest BCUT2D eigenvalue weighted by Gasteiger charge is 2.24. The highest BCUT2D eigenvalue weighted by Crippen LogP contribution is 2.30. The number of hydrogen-bond acceptors (Lipinski definition) is 6. The van der Waals surface area contributed by atoms with Gasteiger partial charge in [-0.3, -0.25) is 18.7 Å². The fraction of sp³-hybridized carbons (Fsp3) is 0.179. The van der Waals surface area contributed by atoms with Crippen molar-refractivity contribution in [1.82, 2.24) is 14.8 Å². The van der Waals surface area contributed by atoms with Crippen molar-refractivity contribution < 1.29 is 13.2 Å². The van der Waals surface area contributed by atoms with Crippen molar-refractivity contribution in [3.8, 4) is 0 Å². The van der Waals surface area contributed by atoms with E-state index >= 15 is 0 Å². The van der Waals surface area contributed by atoms with Gasteiger partial charge < -0.3 is 0 Å². The van der Waals surface area contributed by atoms with Gasteiger partial charge in [-0.15, -0.1) is 0 Å². The summed E-state index contributed by atoms with van der Waals surface area (Å²) in [6, 6.07) is 24.7. The minimum Gasteiger partial charge on any atom is -0.282 e. The maximum atomic E-state index is 13.8. The maximum absolute atomic E-state index is 13.8. The highest BCUT2D eigenvalue weighted by molar-refractivity contribution is 7.92. The first kappa shape index (κ1) is 25.6. The predicted octanol–water partition coefficient (Wildman–Crippen LogP) is 5.28. The number of aromatic nitrogens is 3. The molecule has 2 heterocycles. The molecule has 5 rings (SSSR count). The minimum atomic E-state index is -3.79. The van der Waals surface area contributed by atoms with Crippen LogP contribution in [0, 0.1) is 13.8 Å². The third-order valence-corrected chi connectivity index (χ3v) is 9.14. The number of fused-ring (bicyclic) bond motifs is 1. The van der Waals surface area contributed by atoms with Crippen LogP contribution in [0.1, 0.15) is 21.7 Å². The van der Waals surface area contributed by atoms with Crippen LogP contribution in [0.15, 0.2) is 89.8 Å². The summed E-state index contributed by atoms with van der Waals surface area (Å²) in [7, 11) is -2.27. The lowest BCUT2D eigenvalue weighted by atomic mass is 10.2. The first-order chi connectivity index (χ1) is 18.2. The van der Waals surface area contributed by atoms with Crippen LogP contribution in [0.25, 0.3) is 10.2 Å². The van der Waals surface area contributed by atoms with E-state index in [0.29, 0.717) is 29.5 Å². The van der Waals surface area contributed by atoms with E-state index < -0.39 is 10.0 Å². The van der Waals surface area contributed by atoms with Gasteiger partial charge in [0, 0.05) is 24.8 Å². The number of aryl methyl sites for hydroxylation is 2. The molecule has 0 spiro atoms. The van der Waals surface area contributed by atoms with Crippen LogP contribution < -0.4 is 9.21 Å². The molecule has 10 heteroatoms. The Morgan fingerprint density at radius 3 is 2.29 bits per heavy atom. The molecular weight excluding hydrogens is 518 g/mol. The summed E-state index contributed by atoms with van der Waals surface area (Å²) in [6.45, 7) is 4.77. The molecule has 0 saturated heterocycles. The summed E-state index contributed by atoms with van der Waals surface area (Å²) >= 11 is 1.44. The van der Waals surface area contributed by atoms with Crippen molar-refractivity contribution in [2.24, 2.45) is 0 Å². The average Bonchev–Trinajstić information content (AvgIpc) is 3.50. The Balaban J connectivity index is 1.44. The van der Waals surface area contributed by atoms with Gasteiger partial charge in [-0.25, -0.2) is 13.4 Å². The molecule has 8 nitrogen and oxygen atoms in total. The molecule has 0 aliphatic carbocycles. The molecule has 0 radical (unpaired) electrons. The monoisotopic (exact) mass is 545 g/mol. The number of sulfonamides is 1. The summed E-state index contributed by atoms with van der Waals surface area (Å²) in [5, 5.41) is 5.10. The average molecular weight is 546 g/mol. The quantitative estimate of drug-likeness (QED) is 0.265. The number of benzene rings is 3. The van der Waals surface area contributed by atoms with Crippen LogP contribution >= 0.6 is 11.3 Å². The van der Waals surface area contributed by atoms with Gasteiger partial charge in [0.2, 0.25) is 0 Å². The number of anilines is 2. The first-order valence-electron chi connectivity index (χ1n) is 12.1. The van der Waals surface area contributed by atoms with Crippen LogP contribution in [-0.2, 0) is 16.6 Å². The van der Waals surface area contributed by atoms with E-state index in [-0.39, 0.29) is 10.8 Å². The molecule has 3 aromatic carbocycles. The number of para-hydroxylation sites is 2. The second-order valence-electron chi connectivity index (χ2n) is 8.90. The van der Waals surface area contributed by atoms with Gasteiger partial charge in [-0.2, -0.15) is 5.10 Å². The molecular formula is C28H27N5O3S2. The lowest BCUT2D eigenvalue weighted by molar-refractivity contribution is 0.0985. The topological polar surface area (TPSA) is 88.4 Å². The molecule has 5 aromatic rings. The third-order valence-electron chi connectivity index (χ3n) is 6.28. The number of rotatable bonds is 8. The SMILES string of the molecule is Cc1cc(C)n(CCN(C(=O)c2ccc(S(=O)(=O)N(C)c3ccccc3)cc2)c2nc3ccccc3s2)n1. The van der Waals surface area contributed by atoms with Gasteiger partial charge in [0.05, 0.1) is 33.0 Å². The second-order valence-corrected chi connectivity index (χ2v) is 11.9. The van der Waals surface area contributed by atoms with E-state index in [2.05, 4.69) is 5.10 Å². The number of thiazole rings is 1. The third kappa shape index (κ3) is 5.05. The molecule has 0 aliphatic rings. The number of carbonyl (C=O) groups is 1. The standard InChI is InChI=1S/C28H27N5O3S2/c1-20-19-21(2)33(30-20)18-17-32(28-29-25-11-7-8-12-26(25)37-28)27(34)22-13-15-24(16-14-22)38(35,36)31(3)23-9-5-4-6-10-23/h4-16,19H,17-18H2,1-3H3. The Labute approximate surface area is 225 Å². The first-order valence-corrected chi connectivity index (χ1v) is 14.3. The number of nitrogens with zero attached hydrogens (tertiary/aromatic N) is 5. The molecule has 0 saturated carbocycles. The van der Waals surface area contributed by atoms with E-state index in [1.54, 1.807) is 41.3 Å². The number of amides is 1. The largest absolute Gasteiger partial charge is 0.282 e. The zero-order chi connectivity index (χ0) is 26.9. The van der Waals surface area contributed by atoms with Crippen molar-refractivity contribution >= 4 is 48.3 Å². The molecule has 194 valence electrons. The van der Waals surface area contributed by atoms with Crippen LogP contribution in [0.3, 0.4) is 0 Å². The van der Waals surface area contributed by atoms with Crippen LogP contribution in [0.5, 0.6) is 0 Å². The summed E-state index contributed by atoms with van der Waals surface area (Å²) in [5.41, 5.74) is 3.67.